The Balaban J connectivity index is 1.42. The van der Waals surface area contributed by atoms with E-state index >= 15 is 0 Å². The molecular weight excluding hydrogens is 576 g/mol. The van der Waals surface area contributed by atoms with Gasteiger partial charge in [0.25, 0.3) is 0 Å². The lowest BCUT2D eigenvalue weighted by Gasteiger charge is -2.28. The number of rotatable bonds is 12. The molecule has 0 bridgehead atoms. The largest absolute Gasteiger partial charge is 0.497 e. The highest BCUT2D eigenvalue weighted by Crippen LogP contribution is 2.41. The summed E-state index contributed by atoms with van der Waals surface area (Å²) in [5, 5.41) is 13.1. The van der Waals surface area contributed by atoms with Crippen LogP contribution in [-0.2, 0) is 17.9 Å². The Bertz CT molecular complexity index is 1670. The maximum atomic E-state index is 6.49. The van der Waals surface area contributed by atoms with Crippen molar-refractivity contribution in [3.05, 3.63) is 88.8 Å². The summed E-state index contributed by atoms with van der Waals surface area (Å²) >= 11 is 0. The molecule has 0 aliphatic carbocycles. The van der Waals surface area contributed by atoms with Gasteiger partial charge in [-0.3, -0.25) is 0 Å². The average Bonchev–Trinajstić information content (AvgIpc) is 3.55. The second-order valence-corrected chi connectivity index (χ2v) is 10.6. The molecule has 0 unspecified atom stereocenters. The van der Waals surface area contributed by atoms with Crippen molar-refractivity contribution >= 4 is 5.71 Å². The first-order valence-electron chi connectivity index (χ1n) is 14.4. The Morgan fingerprint density at radius 1 is 0.911 bits per heavy atom. The van der Waals surface area contributed by atoms with E-state index < -0.39 is 0 Å². The fourth-order valence-electron chi connectivity index (χ4n) is 5.03. The van der Waals surface area contributed by atoms with Crippen LogP contribution in [0.3, 0.4) is 0 Å². The third-order valence-electron chi connectivity index (χ3n) is 7.40. The number of aromatic nitrogens is 3. The van der Waals surface area contributed by atoms with Crippen LogP contribution in [0.2, 0.25) is 0 Å². The SMILES string of the molecule is COc1ccc([C@@H]2C/C(=N/OCc3cn(-c4cc(OC)c(OC)c(OC)c4)nn3)c3cc(CC=C(C)C)c(OC)cc3O2)cc1. The number of benzene rings is 3. The normalized spacial score (nSPS) is 14.6. The lowest BCUT2D eigenvalue weighted by Crippen LogP contribution is -2.22. The van der Waals surface area contributed by atoms with Gasteiger partial charge in [-0.2, -0.15) is 0 Å². The van der Waals surface area contributed by atoms with Gasteiger partial charge in [0.2, 0.25) is 5.75 Å². The van der Waals surface area contributed by atoms with Gasteiger partial charge >= 0.3 is 0 Å². The monoisotopic (exact) mass is 614 g/mol. The Kier molecular flexibility index (Phi) is 9.76. The highest BCUT2D eigenvalue weighted by Gasteiger charge is 2.29. The van der Waals surface area contributed by atoms with Crippen molar-refractivity contribution in [3.8, 4) is 40.2 Å². The van der Waals surface area contributed by atoms with Gasteiger partial charge in [0.05, 0.1) is 53.1 Å². The van der Waals surface area contributed by atoms with E-state index in [0.717, 1.165) is 40.3 Å². The van der Waals surface area contributed by atoms with Crippen LogP contribution < -0.4 is 28.4 Å². The number of hydrogen-bond donors (Lipinski definition) is 0. The van der Waals surface area contributed by atoms with E-state index in [4.69, 9.17) is 33.3 Å². The van der Waals surface area contributed by atoms with E-state index in [-0.39, 0.29) is 12.7 Å². The van der Waals surface area contributed by atoms with E-state index in [1.165, 1.54) is 5.57 Å². The van der Waals surface area contributed by atoms with Gasteiger partial charge in [-0.15, -0.1) is 5.10 Å². The van der Waals surface area contributed by atoms with Gasteiger partial charge in [-0.05, 0) is 49.6 Å². The summed E-state index contributed by atoms with van der Waals surface area (Å²) in [6.07, 6.45) is 4.88. The molecule has 45 heavy (non-hydrogen) atoms. The number of hydrogen-bond acceptors (Lipinski definition) is 10. The minimum atomic E-state index is -0.278. The summed E-state index contributed by atoms with van der Waals surface area (Å²) in [7, 11) is 8.00. The average molecular weight is 615 g/mol. The molecule has 11 heteroatoms. The predicted molar refractivity (Wildman–Crippen MR) is 169 cm³/mol. The first kappa shape index (κ1) is 31.2. The van der Waals surface area contributed by atoms with Gasteiger partial charge in [0.15, 0.2) is 18.1 Å². The van der Waals surface area contributed by atoms with Crippen molar-refractivity contribution in [1.82, 2.24) is 15.0 Å². The zero-order valence-corrected chi connectivity index (χ0v) is 26.6. The topological polar surface area (TPSA) is 108 Å². The highest BCUT2D eigenvalue weighted by molar-refractivity contribution is 6.04. The summed E-state index contributed by atoms with van der Waals surface area (Å²) in [5.74, 6) is 3.72. The fourth-order valence-corrected chi connectivity index (χ4v) is 5.03. The van der Waals surface area contributed by atoms with E-state index in [0.29, 0.717) is 40.8 Å². The smallest absolute Gasteiger partial charge is 0.203 e. The predicted octanol–water partition coefficient (Wildman–Crippen LogP) is 6.26. The molecule has 11 nitrogen and oxygen atoms in total. The molecule has 4 aromatic rings. The van der Waals surface area contributed by atoms with Crippen LogP contribution in [0.1, 0.15) is 48.8 Å². The molecule has 1 aliphatic heterocycles. The van der Waals surface area contributed by atoms with E-state index in [1.807, 2.05) is 30.3 Å². The Morgan fingerprint density at radius 3 is 2.24 bits per heavy atom. The maximum Gasteiger partial charge on any atom is 0.203 e. The third-order valence-corrected chi connectivity index (χ3v) is 7.40. The highest BCUT2D eigenvalue weighted by atomic mass is 16.6. The molecule has 0 fully saturated rings. The number of methoxy groups -OCH3 is 5. The van der Waals surface area contributed by atoms with Crippen LogP contribution in [0.15, 0.2) is 71.5 Å². The Morgan fingerprint density at radius 2 is 1.62 bits per heavy atom. The molecule has 0 radical (unpaired) electrons. The summed E-state index contributed by atoms with van der Waals surface area (Å²) in [6.45, 7) is 4.26. The number of ether oxygens (including phenoxy) is 6. The number of oxime groups is 1. The van der Waals surface area contributed by atoms with Crippen molar-refractivity contribution in [3.63, 3.8) is 0 Å². The molecule has 0 saturated carbocycles. The molecule has 1 aliphatic rings. The minimum absolute atomic E-state index is 0.109. The van der Waals surface area contributed by atoms with Crippen LogP contribution in [0.25, 0.3) is 5.69 Å². The quantitative estimate of drug-likeness (QED) is 0.135. The molecule has 0 saturated heterocycles. The molecular formula is C34H38N4O7. The van der Waals surface area contributed by atoms with Crippen molar-refractivity contribution in [2.75, 3.05) is 35.5 Å². The standard InChI is InChI=1S/C34H38N4O7/c1-21(2)8-9-23-14-27-28(17-30(45-31(27)18-29(23)40-4)22-10-12-26(39-3)13-11-22)36-44-20-24-19-38(37-35-24)25-15-32(41-5)34(43-7)33(16-25)42-6/h8,10-16,18-19,30H,9,17,20H2,1-7H3/b36-28-/t30-/m0/s1. The molecule has 2 heterocycles. The maximum absolute atomic E-state index is 6.49. The van der Waals surface area contributed by atoms with Crippen molar-refractivity contribution < 1.29 is 33.3 Å². The number of nitrogens with zero attached hydrogens (tertiary/aromatic N) is 4. The van der Waals surface area contributed by atoms with Gasteiger partial charge < -0.3 is 33.3 Å². The molecule has 1 atom stereocenters. The summed E-state index contributed by atoms with van der Waals surface area (Å²) in [4.78, 5) is 5.89. The van der Waals surface area contributed by atoms with Crippen LogP contribution >= 0.6 is 0 Å². The van der Waals surface area contributed by atoms with E-state index in [1.54, 1.807) is 58.6 Å². The number of fused-ring (bicyclic) bond motifs is 1. The first-order valence-corrected chi connectivity index (χ1v) is 14.4. The summed E-state index contributed by atoms with van der Waals surface area (Å²) in [5.41, 5.74) is 6.15. The van der Waals surface area contributed by atoms with Crippen molar-refractivity contribution in [2.45, 2.75) is 39.4 Å². The van der Waals surface area contributed by atoms with Crippen molar-refractivity contribution in [1.29, 1.82) is 0 Å². The van der Waals surface area contributed by atoms with E-state index in [2.05, 4.69) is 41.5 Å². The Hall–Kier alpha value is -5.19. The molecule has 236 valence electrons. The van der Waals surface area contributed by atoms with Gasteiger partial charge in [0, 0.05) is 30.2 Å². The third kappa shape index (κ3) is 6.98. The van der Waals surface area contributed by atoms with Crippen LogP contribution in [-0.4, -0.2) is 56.3 Å². The molecule has 0 spiro atoms. The lowest BCUT2D eigenvalue weighted by atomic mass is 9.93. The first-order chi connectivity index (χ1) is 21.9. The summed E-state index contributed by atoms with van der Waals surface area (Å²) in [6, 6.07) is 15.4. The number of allylic oxidation sites excluding steroid dienone is 2. The zero-order chi connectivity index (χ0) is 31.9. The van der Waals surface area contributed by atoms with Crippen LogP contribution in [0.4, 0.5) is 0 Å². The van der Waals surface area contributed by atoms with Gasteiger partial charge in [-0.25, -0.2) is 4.68 Å². The lowest BCUT2D eigenvalue weighted by molar-refractivity contribution is 0.124. The van der Waals surface area contributed by atoms with Crippen LogP contribution in [0, 0.1) is 0 Å². The Labute approximate surface area is 262 Å². The second-order valence-electron chi connectivity index (χ2n) is 10.6. The minimum Gasteiger partial charge on any atom is -0.497 e. The fraction of sp³-hybridized carbons (Fsp3) is 0.324. The second kappa shape index (κ2) is 14.1. The van der Waals surface area contributed by atoms with E-state index in [9.17, 15) is 0 Å². The van der Waals surface area contributed by atoms with Crippen molar-refractivity contribution in [2.24, 2.45) is 5.16 Å². The molecule has 3 aromatic carbocycles. The summed E-state index contributed by atoms with van der Waals surface area (Å²) < 4.78 is 35.5. The molecule has 1 aromatic heterocycles. The molecule has 5 rings (SSSR count). The molecule has 0 amide bonds. The zero-order valence-electron chi connectivity index (χ0n) is 26.6. The van der Waals surface area contributed by atoms with Gasteiger partial charge in [-0.1, -0.05) is 34.2 Å². The van der Waals surface area contributed by atoms with Gasteiger partial charge in [0.1, 0.15) is 29.0 Å². The van der Waals surface area contributed by atoms with Crippen LogP contribution in [0.5, 0.6) is 34.5 Å². The molecule has 0 N–H and O–H groups in total.